The van der Waals surface area contributed by atoms with Crippen molar-refractivity contribution in [1.29, 1.82) is 0 Å². The average molecular weight is 839 g/mol. The topological polar surface area (TPSA) is 152 Å². The lowest BCUT2D eigenvalue weighted by atomic mass is 9.77. The number of aldehydes is 1. The molecule has 0 saturated heterocycles. The van der Waals surface area contributed by atoms with Crippen LogP contribution in [0, 0.1) is 5.92 Å². The summed E-state index contributed by atoms with van der Waals surface area (Å²) in [6.45, 7) is 9.66. The molecule has 3 atom stereocenters. The van der Waals surface area contributed by atoms with E-state index in [4.69, 9.17) is 9.47 Å². The van der Waals surface area contributed by atoms with E-state index in [9.17, 15) is 24.0 Å². The highest BCUT2D eigenvalue weighted by Crippen LogP contribution is 2.37. The predicted octanol–water partition coefficient (Wildman–Crippen LogP) is 7.80. The van der Waals surface area contributed by atoms with Gasteiger partial charge < -0.3 is 35.5 Å². The van der Waals surface area contributed by atoms with Gasteiger partial charge in [-0.05, 0) is 79.5 Å². The average Bonchev–Trinajstić information content (AvgIpc) is 3.27. The Morgan fingerprint density at radius 1 is 0.613 bits per heavy atom. The molecule has 0 heterocycles. The van der Waals surface area contributed by atoms with Gasteiger partial charge in [0, 0.05) is 12.8 Å². The zero-order valence-electron chi connectivity index (χ0n) is 36.1. The highest BCUT2D eigenvalue weighted by atomic mass is 16.5. The van der Waals surface area contributed by atoms with Gasteiger partial charge in [0.15, 0.2) is 0 Å². The molecule has 11 nitrogen and oxygen atoms in total. The highest BCUT2D eigenvalue weighted by molar-refractivity contribution is 5.92. The van der Waals surface area contributed by atoms with Gasteiger partial charge in [0.2, 0.25) is 17.7 Å². The summed E-state index contributed by atoms with van der Waals surface area (Å²) in [6.07, 6.45) is 0.0189. The number of rotatable bonds is 20. The Morgan fingerprint density at radius 3 is 1.60 bits per heavy atom. The summed E-state index contributed by atoms with van der Waals surface area (Å²) in [5, 5.41) is 11.6. The van der Waals surface area contributed by atoms with E-state index < -0.39 is 47.2 Å². The maximum atomic E-state index is 14.1. The molecule has 5 rings (SSSR count). The van der Waals surface area contributed by atoms with Crippen LogP contribution in [0.4, 0.5) is 4.79 Å². The van der Waals surface area contributed by atoms with Crippen LogP contribution in [0.15, 0.2) is 146 Å². The molecule has 0 radical (unpaired) electrons. The molecule has 324 valence electrons. The van der Waals surface area contributed by atoms with Crippen molar-refractivity contribution in [1.82, 2.24) is 21.3 Å². The van der Waals surface area contributed by atoms with Crippen LogP contribution < -0.4 is 26.0 Å². The molecular weight excluding hydrogens is 781 g/mol. The summed E-state index contributed by atoms with van der Waals surface area (Å²) in [7, 11) is 0. The monoisotopic (exact) mass is 838 g/mol. The number of alkyl carbamates (subject to hydrolysis) is 1. The summed E-state index contributed by atoms with van der Waals surface area (Å²) in [4.78, 5) is 67.6. The van der Waals surface area contributed by atoms with Crippen molar-refractivity contribution in [3.05, 3.63) is 173 Å². The van der Waals surface area contributed by atoms with Gasteiger partial charge in [0.25, 0.3) is 0 Å². The molecule has 62 heavy (non-hydrogen) atoms. The molecule has 0 unspecified atom stereocenters. The van der Waals surface area contributed by atoms with Crippen LogP contribution in [0.3, 0.4) is 0 Å². The first-order valence-corrected chi connectivity index (χ1v) is 21.0. The van der Waals surface area contributed by atoms with Crippen LogP contribution in [0.2, 0.25) is 0 Å². The van der Waals surface area contributed by atoms with Crippen molar-refractivity contribution in [3.63, 3.8) is 0 Å². The van der Waals surface area contributed by atoms with E-state index in [2.05, 4.69) is 21.3 Å². The minimum Gasteiger partial charge on any atom is -0.488 e. The van der Waals surface area contributed by atoms with Crippen LogP contribution in [0.5, 0.6) is 5.75 Å². The number of amides is 4. The lowest BCUT2D eigenvalue weighted by molar-refractivity contribution is -0.131. The minimum atomic E-state index is -1.16. The predicted molar refractivity (Wildman–Crippen MR) is 240 cm³/mol. The summed E-state index contributed by atoms with van der Waals surface area (Å²) in [5.74, 6) is -0.932. The van der Waals surface area contributed by atoms with E-state index >= 15 is 0 Å². The zero-order valence-corrected chi connectivity index (χ0v) is 36.1. The van der Waals surface area contributed by atoms with Crippen molar-refractivity contribution >= 4 is 30.1 Å². The third-order valence-corrected chi connectivity index (χ3v) is 10.1. The Kier molecular flexibility index (Phi) is 16.6. The van der Waals surface area contributed by atoms with Crippen molar-refractivity contribution in [2.45, 2.75) is 96.2 Å². The van der Waals surface area contributed by atoms with Gasteiger partial charge in [-0.25, -0.2) is 4.79 Å². The molecule has 0 aliphatic heterocycles. The maximum absolute atomic E-state index is 14.1. The van der Waals surface area contributed by atoms with E-state index in [0.717, 1.165) is 22.3 Å². The molecule has 0 bridgehead atoms. The van der Waals surface area contributed by atoms with Crippen molar-refractivity contribution in [3.8, 4) is 5.75 Å². The smallest absolute Gasteiger partial charge is 0.408 e. The summed E-state index contributed by atoms with van der Waals surface area (Å²) >= 11 is 0. The molecule has 0 spiro atoms. The number of carbonyl (C=O) groups is 5. The zero-order chi connectivity index (χ0) is 44.5. The van der Waals surface area contributed by atoms with Crippen molar-refractivity contribution < 1.29 is 33.4 Å². The molecule has 0 aliphatic rings. The number of benzene rings is 5. The Balaban J connectivity index is 1.33. The minimum absolute atomic E-state index is 0.00203. The van der Waals surface area contributed by atoms with Crippen LogP contribution in [-0.4, -0.2) is 53.8 Å². The molecule has 4 N–H and O–H groups in total. The third-order valence-electron chi connectivity index (χ3n) is 10.1. The van der Waals surface area contributed by atoms with Gasteiger partial charge in [-0.15, -0.1) is 0 Å². The first-order valence-electron chi connectivity index (χ1n) is 21.0. The van der Waals surface area contributed by atoms with Crippen LogP contribution >= 0.6 is 0 Å². The van der Waals surface area contributed by atoms with Crippen LogP contribution in [-0.2, 0) is 42.5 Å². The fourth-order valence-corrected chi connectivity index (χ4v) is 7.17. The standard InChI is InChI=1S/C51H58N4O7/c1-36(2)32-44(54-49(60)61-35-38-18-10-6-11-19-38)48(59)53-45(33-37-26-29-43(30-27-37)62-50(3,4)5)47(58)52-42(34-56)28-31-46(57)55-51(39-20-12-7-13-21-39,40-22-14-8-15-23-40)41-24-16-9-17-25-41/h6-27,29-30,34,36,42,44-45H,28,31-33,35H2,1-5H3,(H,52,58)(H,53,59)(H,54,60)(H,55,57)/t42-,44-,45-/m0/s1. The quantitative estimate of drug-likeness (QED) is 0.0461. The van der Waals surface area contributed by atoms with Crippen molar-refractivity contribution in [2.24, 2.45) is 5.92 Å². The molecule has 0 aliphatic carbocycles. The van der Waals surface area contributed by atoms with Crippen LogP contribution in [0.1, 0.15) is 81.7 Å². The second-order valence-corrected chi connectivity index (χ2v) is 16.7. The first kappa shape index (κ1) is 46.3. The van der Waals surface area contributed by atoms with Gasteiger partial charge in [-0.3, -0.25) is 14.4 Å². The Bertz CT molecular complexity index is 2100. The first-order chi connectivity index (χ1) is 29.8. The van der Waals surface area contributed by atoms with E-state index in [1.807, 2.05) is 156 Å². The Morgan fingerprint density at radius 2 is 1.11 bits per heavy atom. The largest absolute Gasteiger partial charge is 0.488 e. The molecular formula is C51H58N4O7. The second kappa shape index (κ2) is 22.2. The number of nitrogens with one attached hydrogen (secondary N) is 4. The molecule has 0 fully saturated rings. The summed E-state index contributed by atoms with van der Waals surface area (Å²) < 4.78 is 11.4. The van der Waals surface area contributed by atoms with Crippen molar-refractivity contribution in [2.75, 3.05) is 0 Å². The fraction of sp³-hybridized carbons (Fsp3) is 0.314. The van der Waals surface area contributed by atoms with E-state index in [1.54, 1.807) is 24.3 Å². The number of hydrogen-bond donors (Lipinski definition) is 4. The molecule has 4 amide bonds. The normalized spacial score (nSPS) is 12.9. The third kappa shape index (κ3) is 13.6. The van der Waals surface area contributed by atoms with E-state index in [1.165, 1.54) is 0 Å². The molecule has 5 aromatic rings. The Labute approximate surface area is 365 Å². The molecule has 5 aromatic carbocycles. The molecule has 0 aromatic heterocycles. The second-order valence-electron chi connectivity index (χ2n) is 16.7. The molecule has 0 saturated carbocycles. The molecule has 11 heteroatoms. The number of ether oxygens (including phenoxy) is 2. The van der Waals surface area contributed by atoms with Gasteiger partial charge in [-0.2, -0.15) is 0 Å². The lowest BCUT2D eigenvalue weighted by Crippen LogP contribution is -2.56. The fourth-order valence-electron chi connectivity index (χ4n) is 7.17. The summed E-state index contributed by atoms with van der Waals surface area (Å²) in [6, 6.07) is 42.1. The van der Waals surface area contributed by atoms with Crippen LogP contribution in [0.25, 0.3) is 0 Å². The van der Waals surface area contributed by atoms with Gasteiger partial charge in [-0.1, -0.05) is 147 Å². The highest BCUT2D eigenvalue weighted by Gasteiger charge is 2.38. The van der Waals surface area contributed by atoms with Gasteiger partial charge >= 0.3 is 6.09 Å². The summed E-state index contributed by atoms with van der Waals surface area (Å²) in [5.41, 5.74) is 2.55. The SMILES string of the molecule is CC(C)C[C@H](NC(=O)OCc1ccccc1)C(=O)N[C@@H](Cc1ccc(OC(C)(C)C)cc1)C(=O)N[C@H](C=O)CCC(=O)NC(c1ccccc1)(c1ccccc1)c1ccccc1. The van der Waals surface area contributed by atoms with Gasteiger partial charge in [0.05, 0.1) is 6.04 Å². The number of carbonyl (C=O) groups excluding carboxylic acids is 5. The lowest BCUT2D eigenvalue weighted by Gasteiger charge is -2.37. The number of hydrogen-bond acceptors (Lipinski definition) is 7. The van der Waals surface area contributed by atoms with E-state index in [-0.39, 0.29) is 44.1 Å². The van der Waals surface area contributed by atoms with Gasteiger partial charge in [0.1, 0.15) is 41.9 Å². The van der Waals surface area contributed by atoms with E-state index in [0.29, 0.717) is 17.6 Å². The maximum Gasteiger partial charge on any atom is 0.408 e. The Hall–Kier alpha value is -6.75.